The second-order valence-electron chi connectivity index (χ2n) is 0.697. The Morgan fingerprint density at radius 1 is 1.80 bits per heavy atom. The van der Waals surface area contributed by atoms with E-state index >= 15 is 0 Å². The van der Waals surface area contributed by atoms with Crippen molar-refractivity contribution in [2.45, 2.75) is 6.92 Å². The van der Waals surface area contributed by atoms with Crippen molar-refractivity contribution in [2.24, 2.45) is 0 Å². The summed E-state index contributed by atoms with van der Waals surface area (Å²) in [6.07, 6.45) is 0.872. The summed E-state index contributed by atoms with van der Waals surface area (Å²) in [5.41, 5.74) is 0. The van der Waals surface area contributed by atoms with E-state index in [0.717, 1.165) is 12.8 Å². The fraction of sp³-hybridized carbons (Fsp3) is 1.00. The van der Waals surface area contributed by atoms with Crippen LogP contribution in [0.25, 0.3) is 0 Å². The Balaban J connectivity index is 2.19. The van der Waals surface area contributed by atoms with Crippen molar-refractivity contribution >= 4 is 10.2 Å². The average molecular weight is 89.2 g/mol. The van der Waals surface area contributed by atoms with E-state index in [-0.39, 0.29) is 0 Å². The van der Waals surface area contributed by atoms with Gasteiger partial charge in [-0.15, -0.1) is 0 Å². The average Bonchev–Trinajstić information content (AvgIpc) is 1.41. The molecule has 0 fully saturated rings. The van der Waals surface area contributed by atoms with Crippen LogP contribution >= 0.6 is 0 Å². The third kappa shape index (κ3) is 4.18. The topological polar surface area (TPSA) is 9.23 Å². The van der Waals surface area contributed by atoms with Crippen LogP contribution in [-0.2, 0) is 4.74 Å². The van der Waals surface area contributed by atoms with Crippen LogP contribution in [0.15, 0.2) is 0 Å². The number of hydrogen-bond donors (Lipinski definition) is 0. The van der Waals surface area contributed by atoms with Crippen LogP contribution in [0.3, 0.4) is 0 Å². The predicted molar refractivity (Wildman–Crippen MR) is 25.0 cm³/mol. The van der Waals surface area contributed by atoms with Crippen molar-refractivity contribution in [1.29, 1.82) is 0 Å². The summed E-state index contributed by atoms with van der Waals surface area (Å²) in [6.45, 7) is 2.84. The molecule has 0 saturated heterocycles. The van der Waals surface area contributed by atoms with Crippen molar-refractivity contribution in [1.82, 2.24) is 0 Å². The minimum Gasteiger partial charge on any atom is -0.386 e. The maximum Gasteiger partial charge on any atom is 0.0433 e. The van der Waals surface area contributed by atoms with Crippen LogP contribution in [0.4, 0.5) is 0 Å². The minimum absolute atomic E-state index is 0.851. The molecule has 0 aliphatic carbocycles. The highest BCUT2D eigenvalue weighted by atomic mass is 28.1. The Morgan fingerprint density at radius 3 is 2.40 bits per heavy atom. The molecule has 0 aliphatic rings. The van der Waals surface area contributed by atoms with Crippen LogP contribution in [0, 0.1) is 0 Å². The summed E-state index contributed by atoms with van der Waals surface area (Å²) >= 11 is 0. The highest BCUT2D eigenvalue weighted by Gasteiger charge is 1.64. The molecule has 0 amide bonds. The van der Waals surface area contributed by atoms with Gasteiger partial charge in [0.2, 0.25) is 0 Å². The first-order chi connectivity index (χ1) is 2.41. The van der Waals surface area contributed by atoms with Gasteiger partial charge >= 0.3 is 0 Å². The highest BCUT2D eigenvalue weighted by molar-refractivity contribution is 6.08. The van der Waals surface area contributed by atoms with Gasteiger partial charge < -0.3 is 4.74 Å². The van der Waals surface area contributed by atoms with E-state index in [0.29, 0.717) is 0 Å². The molecule has 0 aromatic rings. The molecule has 0 saturated carbocycles. The van der Waals surface area contributed by atoms with Crippen LogP contribution in [0.2, 0.25) is 0 Å². The first kappa shape index (κ1) is 5.18. The molecule has 0 rings (SSSR count). The van der Waals surface area contributed by atoms with E-state index < -0.39 is 0 Å². The minimum atomic E-state index is 0.851. The van der Waals surface area contributed by atoms with Crippen LogP contribution in [-0.4, -0.2) is 23.1 Å². The lowest BCUT2D eigenvalue weighted by molar-refractivity contribution is 0.195. The number of rotatable bonds is 2. The number of hydrogen-bond acceptors (Lipinski definition) is 1. The fourth-order valence-electron chi connectivity index (χ4n) is 0.144. The molecule has 0 bridgehead atoms. The summed E-state index contributed by atoms with van der Waals surface area (Å²) in [7, 11) is 1.83. The Morgan fingerprint density at radius 2 is 2.40 bits per heavy atom. The van der Waals surface area contributed by atoms with Crippen molar-refractivity contribution in [3.8, 4) is 0 Å². The third-order valence-corrected chi connectivity index (χ3v) is 0.637. The summed E-state index contributed by atoms with van der Waals surface area (Å²) in [5, 5.41) is 0. The standard InChI is InChI=1S/C3H9OSi/c1-2-4-3-5/h2-3,5H2,1H3. The van der Waals surface area contributed by atoms with Gasteiger partial charge in [0.05, 0.1) is 0 Å². The van der Waals surface area contributed by atoms with Gasteiger partial charge in [0.25, 0.3) is 0 Å². The Kier molecular flexibility index (Phi) is 4.32. The summed E-state index contributed by atoms with van der Waals surface area (Å²) in [6, 6.07) is 0. The lowest BCUT2D eigenvalue weighted by Crippen LogP contribution is -1.89. The third-order valence-electron chi connectivity index (χ3n) is 0.348. The maximum atomic E-state index is 4.85. The van der Waals surface area contributed by atoms with Crippen LogP contribution in [0.5, 0.6) is 0 Å². The molecule has 0 spiro atoms. The first-order valence-electron chi connectivity index (χ1n) is 1.78. The van der Waals surface area contributed by atoms with E-state index in [9.17, 15) is 0 Å². The zero-order valence-corrected chi connectivity index (χ0v) is 4.94. The van der Waals surface area contributed by atoms with Gasteiger partial charge in [0.1, 0.15) is 0 Å². The molecule has 0 N–H and O–H groups in total. The molecular weight excluding hydrogens is 80.1 g/mol. The normalized spacial score (nSPS) is 8.40. The Hall–Kier alpha value is 0.177. The van der Waals surface area contributed by atoms with E-state index in [1.807, 2.05) is 17.2 Å². The number of ether oxygens (including phenoxy) is 1. The molecule has 0 unspecified atom stereocenters. The van der Waals surface area contributed by atoms with E-state index in [2.05, 4.69) is 0 Å². The zero-order valence-electron chi connectivity index (χ0n) is 3.53. The maximum absolute atomic E-state index is 4.85. The predicted octanol–water partition coefficient (Wildman–Crippen LogP) is -0.386. The molecule has 2 heteroatoms. The molecule has 0 aliphatic heterocycles. The molecule has 0 aromatic carbocycles. The first-order valence-corrected chi connectivity index (χ1v) is 2.78. The van der Waals surface area contributed by atoms with Gasteiger partial charge in [-0.2, -0.15) is 0 Å². The molecule has 0 heterocycles. The van der Waals surface area contributed by atoms with Crippen LogP contribution < -0.4 is 0 Å². The molecule has 5 heavy (non-hydrogen) atoms. The highest BCUT2D eigenvalue weighted by Crippen LogP contribution is 1.60. The second kappa shape index (κ2) is 4.18. The smallest absolute Gasteiger partial charge is 0.0433 e. The van der Waals surface area contributed by atoms with E-state index in [1.165, 1.54) is 0 Å². The molecule has 0 atom stereocenters. The molecule has 1 radical (unpaired) electrons. The van der Waals surface area contributed by atoms with Crippen molar-refractivity contribution in [3.63, 3.8) is 0 Å². The van der Waals surface area contributed by atoms with Gasteiger partial charge in [-0.25, -0.2) is 0 Å². The second-order valence-corrected chi connectivity index (χ2v) is 1.11. The van der Waals surface area contributed by atoms with Gasteiger partial charge in [-0.3, -0.25) is 0 Å². The quantitative estimate of drug-likeness (QED) is 0.419. The summed E-state index contributed by atoms with van der Waals surface area (Å²) in [5.74, 6) is 0. The van der Waals surface area contributed by atoms with Crippen molar-refractivity contribution < 1.29 is 4.74 Å². The lowest BCUT2D eigenvalue weighted by atomic mass is 10.9. The van der Waals surface area contributed by atoms with E-state index in [4.69, 9.17) is 4.74 Å². The fourth-order valence-corrected chi connectivity index (χ4v) is 0.433. The molecule has 31 valence electrons. The summed E-state index contributed by atoms with van der Waals surface area (Å²) < 4.78 is 4.85. The van der Waals surface area contributed by atoms with Crippen molar-refractivity contribution in [3.05, 3.63) is 0 Å². The van der Waals surface area contributed by atoms with Gasteiger partial charge in [0, 0.05) is 23.1 Å². The SMILES string of the molecule is CCOC[SiH2]. The molecular formula is C3H9OSi. The molecule has 0 aromatic heterocycles. The zero-order chi connectivity index (χ0) is 4.12. The largest absolute Gasteiger partial charge is 0.386 e. The van der Waals surface area contributed by atoms with E-state index in [1.54, 1.807) is 0 Å². The Bertz CT molecular complexity index is 14.4. The summed E-state index contributed by atoms with van der Waals surface area (Å²) in [4.78, 5) is 0. The van der Waals surface area contributed by atoms with Crippen LogP contribution in [0.1, 0.15) is 6.92 Å². The molecule has 1 nitrogen and oxygen atoms in total. The Labute approximate surface area is 35.8 Å². The van der Waals surface area contributed by atoms with Gasteiger partial charge in [-0.05, 0) is 6.92 Å². The monoisotopic (exact) mass is 89.0 g/mol. The van der Waals surface area contributed by atoms with Crippen molar-refractivity contribution in [2.75, 3.05) is 12.8 Å². The lowest BCUT2D eigenvalue weighted by Gasteiger charge is -1.86. The van der Waals surface area contributed by atoms with Gasteiger partial charge in [0.15, 0.2) is 0 Å². The van der Waals surface area contributed by atoms with Gasteiger partial charge in [-0.1, -0.05) is 0 Å².